The summed E-state index contributed by atoms with van der Waals surface area (Å²) in [5.41, 5.74) is 7.42. The van der Waals surface area contributed by atoms with Crippen LogP contribution in [-0.2, 0) is 0 Å². The Morgan fingerprint density at radius 2 is 2.19 bits per heavy atom. The average Bonchev–Trinajstić information content (AvgIpc) is 3.14. The maximum atomic E-state index is 10.1. The van der Waals surface area contributed by atoms with Gasteiger partial charge in [-0.1, -0.05) is 24.6 Å². The van der Waals surface area contributed by atoms with Crippen molar-refractivity contribution in [2.24, 2.45) is 21.7 Å². The Labute approximate surface area is 134 Å². The molecule has 0 aromatic heterocycles. The van der Waals surface area contributed by atoms with Crippen LogP contribution in [0.4, 0.5) is 0 Å². The molecule has 2 aliphatic rings. The van der Waals surface area contributed by atoms with Crippen LogP contribution >= 0.6 is 24.0 Å². The van der Waals surface area contributed by atoms with Crippen LogP contribution in [0.3, 0.4) is 0 Å². The van der Waals surface area contributed by atoms with E-state index in [1.54, 1.807) is 17.1 Å². The summed E-state index contributed by atoms with van der Waals surface area (Å²) in [6.07, 6.45) is 2.21. The predicted molar refractivity (Wildman–Crippen MR) is 87.4 cm³/mol. The zero-order valence-electron chi connectivity index (χ0n) is 11.7. The summed E-state index contributed by atoms with van der Waals surface area (Å²) < 4.78 is 0. The first-order chi connectivity index (χ1) is 9.56. The van der Waals surface area contributed by atoms with Gasteiger partial charge in [-0.25, -0.2) is 10.0 Å². The minimum atomic E-state index is 0. The van der Waals surface area contributed by atoms with Crippen molar-refractivity contribution in [2.75, 3.05) is 6.54 Å². The number of benzene rings is 1. The molecule has 5 nitrogen and oxygen atoms in total. The smallest absolute Gasteiger partial charge is 0.212 e. The summed E-state index contributed by atoms with van der Waals surface area (Å²) in [5, 5.41) is 16.6. The molecule has 114 valence electrons. The highest BCUT2D eigenvalue weighted by Crippen LogP contribution is 2.31. The van der Waals surface area contributed by atoms with Crippen molar-refractivity contribution in [3.8, 4) is 5.75 Å². The highest BCUT2D eigenvalue weighted by Gasteiger charge is 2.29. The molecule has 1 aromatic rings. The fraction of sp³-hybridized carbons (Fsp3) is 0.429. The van der Waals surface area contributed by atoms with Crippen molar-refractivity contribution in [3.05, 3.63) is 28.8 Å². The van der Waals surface area contributed by atoms with Gasteiger partial charge in [0.05, 0.1) is 23.3 Å². The van der Waals surface area contributed by atoms with Crippen molar-refractivity contribution in [1.29, 1.82) is 0 Å². The summed E-state index contributed by atoms with van der Waals surface area (Å²) in [6, 6.07) is 5.64. The Morgan fingerprint density at radius 1 is 1.48 bits per heavy atom. The van der Waals surface area contributed by atoms with E-state index in [9.17, 15) is 5.11 Å². The van der Waals surface area contributed by atoms with Gasteiger partial charge < -0.3 is 10.8 Å². The molecule has 7 heteroatoms. The largest absolute Gasteiger partial charge is 0.506 e. The highest BCUT2D eigenvalue weighted by atomic mass is 35.5. The summed E-state index contributed by atoms with van der Waals surface area (Å²) in [7, 11) is 0. The number of rotatable bonds is 2. The number of nitrogens with zero attached hydrogens (tertiary/aromatic N) is 3. The third-order valence-electron chi connectivity index (χ3n) is 3.53. The molecule has 1 unspecified atom stereocenters. The first-order valence-electron chi connectivity index (χ1n) is 6.73. The van der Waals surface area contributed by atoms with E-state index in [-0.39, 0.29) is 24.1 Å². The molecular weight excluding hydrogens is 311 g/mol. The number of phenols is 1. The van der Waals surface area contributed by atoms with Crippen LogP contribution < -0.4 is 5.73 Å². The Hall–Kier alpha value is -1.46. The van der Waals surface area contributed by atoms with Crippen LogP contribution in [0, 0.1) is 5.92 Å². The summed E-state index contributed by atoms with van der Waals surface area (Å²) in [6.45, 7) is 2.72. The quantitative estimate of drug-likeness (QED) is 0.647. The van der Waals surface area contributed by atoms with Gasteiger partial charge in [0.15, 0.2) is 0 Å². The molecule has 0 saturated heterocycles. The highest BCUT2D eigenvalue weighted by molar-refractivity contribution is 6.32. The lowest BCUT2D eigenvalue weighted by Crippen LogP contribution is -2.33. The molecule has 1 aliphatic heterocycles. The van der Waals surface area contributed by atoms with Gasteiger partial charge in [-0.2, -0.15) is 5.10 Å². The number of halogens is 2. The summed E-state index contributed by atoms with van der Waals surface area (Å²) >= 11 is 5.95. The van der Waals surface area contributed by atoms with E-state index in [1.807, 2.05) is 13.0 Å². The standard InChI is InChI=1S/C14H17ClN4O.ClH/c1-8-7-19(14(16)17-9-5-6-9)18-12(8)10-3-2-4-11(15)13(10)20;/h2-4,8-9,20H,5-7H2,1H3,(H2,16,17);1H. The Balaban J connectivity index is 0.00000161. The Bertz CT molecular complexity index is 599. The van der Waals surface area contributed by atoms with Gasteiger partial charge in [0.2, 0.25) is 5.96 Å². The number of guanidine groups is 1. The van der Waals surface area contributed by atoms with Gasteiger partial charge in [0.25, 0.3) is 0 Å². The second-order valence-electron chi connectivity index (χ2n) is 5.32. The minimum absolute atomic E-state index is 0. The molecule has 3 rings (SSSR count). The lowest BCUT2D eigenvalue weighted by atomic mass is 9.99. The van der Waals surface area contributed by atoms with Crippen LogP contribution in [-0.4, -0.2) is 34.4 Å². The zero-order valence-corrected chi connectivity index (χ0v) is 13.2. The molecule has 1 heterocycles. The van der Waals surface area contributed by atoms with Gasteiger partial charge in [-0.3, -0.25) is 0 Å². The third kappa shape index (κ3) is 3.24. The number of hydrazone groups is 1. The molecule has 1 aliphatic carbocycles. The minimum Gasteiger partial charge on any atom is -0.506 e. The average molecular weight is 329 g/mol. The van der Waals surface area contributed by atoms with Crippen LogP contribution in [0.2, 0.25) is 5.02 Å². The van der Waals surface area contributed by atoms with E-state index in [0.29, 0.717) is 29.1 Å². The molecule has 21 heavy (non-hydrogen) atoms. The number of hydrogen-bond acceptors (Lipinski definition) is 3. The SMILES string of the molecule is CC1CN(C(N)=NC2CC2)N=C1c1cccc(Cl)c1O.Cl. The number of nitrogens with two attached hydrogens (primary N) is 1. The van der Waals surface area contributed by atoms with Crippen molar-refractivity contribution >= 4 is 35.7 Å². The molecule has 0 spiro atoms. The monoisotopic (exact) mass is 328 g/mol. The number of para-hydroxylation sites is 1. The molecule has 1 atom stereocenters. The van der Waals surface area contributed by atoms with Crippen molar-refractivity contribution in [2.45, 2.75) is 25.8 Å². The molecule has 1 saturated carbocycles. The Morgan fingerprint density at radius 3 is 2.86 bits per heavy atom. The summed E-state index contributed by atoms with van der Waals surface area (Å²) in [4.78, 5) is 4.40. The second-order valence-corrected chi connectivity index (χ2v) is 5.73. The van der Waals surface area contributed by atoms with Crippen LogP contribution in [0.1, 0.15) is 25.3 Å². The van der Waals surface area contributed by atoms with Gasteiger partial charge in [0, 0.05) is 11.5 Å². The number of phenolic OH excluding ortho intramolecular Hbond substituents is 1. The predicted octanol–water partition coefficient (Wildman–Crippen LogP) is 2.60. The van der Waals surface area contributed by atoms with E-state index < -0.39 is 0 Å². The Kier molecular flexibility index (Phi) is 4.64. The van der Waals surface area contributed by atoms with Crippen molar-refractivity contribution < 1.29 is 5.11 Å². The molecule has 0 radical (unpaired) electrons. The van der Waals surface area contributed by atoms with Crippen molar-refractivity contribution in [1.82, 2.24) is 5.01 Å². The lowest BCUT2D eigenvalue weighted by Gasteiger charge is -2.12. The van der Waals surface area contributed by atoms with Gasteiger partial charge in [-0.05, 0) is 25.0 Å². The fourth-order valence-corrected chi connectivity index (χ4v) is 2.43. The maximum absolute atomic E-state index is 10.1. The number of hydrogen-bond donors (Lipinski definition) is 2. The van der Waals surface area contributed by atoms with Crippen LogP contribution in [0.15, 0.2) is 28.3 Å². The van der Waals surface area contributed by atoms with E-state index in [4.69, 9.17) is 17.3 Å². The molecule has 3 N–H and O–H groups in total. The normalized spacial score (nSPS) is 22.0. The summed E-state index contributed by atoms with van der Waals surface area (Å²) in [5.74, 6) is 0.683. The lowest BCUT2D eigenvalue weighted by molar-refractivity contribution is 0.449. The number of aromatic hydroxyl groups is 1. The molecule has 0 bridgehead atoms. The van der Waals surface area contributed by atoms with Gasteiger partial charge >= 0.3 is 0 Å². The first kappa shape index (κ1) is 15.9. The zero-order chi connectivity index (χ0) is 14.3. The van der Waals surface area contributed by atoms with E-state index in [0.717, 1.165) is 18.6 Å². The number of aliphatic imine (C=N–C) groups is 1. The molecule has 1 aromatic carbocycles. The molecular formula is C14H18Cl2N4O. The maximum Gasteiger partial charge on any atom is 0.212 e. The molecule has 1 fully saturated rings. The molecule has 0 amide bonds. The van der Waals surface area contributed by atoms with E-state index in [2.05, 4.69) is 10.1 Å². The van der Waals surface area contributed by atoms with Crippen LogP contribution in [0.5, 0.6) is 5.75 Å². The van der Waals surface area contributed by atoms with Crippen LogP contribution in [0.25, 0.3) is 0 Å². The van der Waals surface area contributed by atoms with E-state index >= 15 is 0 Å². The van der Waals surface area contributed by atoms with Gasteiger partial charge in [0.1, 0.15) is 5.75 Å². The van der Waals surface area contributed by atoms with Crippen molar-refractivity contribution in [3.63, 3.8) is 0 Å². The first-order valence-corrected chi connectivity index (χ1v) is 7.11. The third-order valence-corrected chi connectivity index (χ3v) is 3.84. The van der Waals surface area contributed by atoms with Gasteiger partial charge in [-0.15, -0.1) is 12.4 Å². The second kappa shape index (κ2) is 6.12. The van der Waals surface area contributed by atoms with E-state index in [1.165, 1.54) is 0 Å². The fourth-order valence-electron chi connectivity index (χ4n) is 2.26. The topological polar surface area (TPSA) is 74.2 Å².